The van der Waals surface area contributed by atoms with E-state index in [1.165, 1.54) is 0 Å². The van der Waals surface area contributed by atoms with Gasteiger partial charge >= 0.3 is 0 Å². The molecule has 1 fully saturated rings. The van der Waals surface area contributed by atoms with Crippen LogP contribution in [-0.2, 0) is 0 Å². The number of piperazine rings is 1. The van der Waals surface area contributed by atoms with Crippen LogP contribution in [0.4, 0.5) is 0 Å². The third kappa shape index (κ3) is 4.39. The molecule has 1 saturated heterocycles. The lowest BCUT2D eigenvalue weighted by molar-refractivity contribution is 0.0627. The molecule has 0 spiro atoms. The van der Waals surface area contributed by atoms with E-state index in [0.717, 1.165) is 24.2 Å². The summed E-state index contributed by atoms with van der Waals surface area (Å²) in [6.45, 7) is 4.08. The van der Waals surface area contributed by atoms with Gasteiger partial charge in [-0.05, 0) is 36.2 Å². The number of pyridine rings is 1. The lowest BCUT2D eigenvalue weighted by Gasteiger charge is -2.36. The molecule has 0 bridgehead atoms. The van der Waals surface area contributed by atoms with Crippen molar-refractivity contribution in [2.45, 2.75) is 13.0 Å². The molecule has 1 atom stereocenters. The number of hydrogen-bond acceptors (Lipinski definition) is 3. The highest BCUT2D eigenvalue weighted by molar-refractivity contribution is 6.30. The maximum atomic E-state index is 12.9. The van der Waals surface area contributed by atoms with Crippen molar-refractivity contribution in [1.82, 2.24) is 15.2 Å². The lowest BCUT2D eigenvalue weighted by atomic mass is 10.0. The number of aromatic nitrogens is 1. The Hall–Kier alpha value is -1.33. The van der Waals surface area contributed by atoms with E-state index in [0.29, 0.717) is 17.3 Å². The summed E-state index contributed by atoms with van der Waals surface area (Å²) >= 11 is 6.10. The largest absolute Gasteiger partial charge is 0.328 e. The third-order valence-electron chi connectivity index (χ3n) is 3.95. The van der Waals surface area contributed by atoms with Gasteiger partial charge in [-0.15, -0.1) is 24.8 Å². The molecular formula is C17H20Cl3N3O. The number of hydrogen-bond donors (Lipinski definition) is 1. The maximum absolute atomic E-state index is 12.9. The molecule has 1 amide bonds. The highest BCUT2D eigenvalue weighted by Crippen LogP contribution is 2.26. The monoisotopic (exact) mass is 387 g/mol. The molecule has 130 valence electrons. The summed E-state index contributed by atoms with van der Waals surface area (Å²) in [7, 11) is 0. The van der Waals surface area contributed by atoms with Crippen molar-refractivity contribution >= 4 is 42.3 Å². The zero-order chi connectivity index (χ0) is 15.5. The first kappa shape index (κ1) is 20.7. The van der Waals surface area contributed by atoms with E-state index in [-0.39, 0.29) is 36.8 Å². The summed E-state index contributed by atoms with van der Waals surface area (Å²) in [6.07, 6.45) is 1.66. The minimum atomic E-state index is -0.0265. The van der Waals surface area contributed by atoms with E-state index < -0.39 is 0 Å². The standard InChI is InChI=1S/C17H18ClN3O.2ClH/c1-12-4-3-7-20-16(12)17(22)21-9-8-19-11-15(21)13-5-2-6-14(18)10-13;;/h2-7,10,15,19H,8-9,11H2,1H3;2*1H. The van der Waals surface area contributed by atoms with Crippen LogP contribution in [0.15, 0.2) is 42.6 Å². The van der Waals surface area contributed by atoms with Crippen LogP contribution >= 0.6 is 36.4 Å². The molecule has 1 aromatic carbocycles. The molecule has 0 radical (unpaired) electrons. The first-order chi connectivity index (χ1) is 10.7. The summed E-state index contributed by atoms with van der Waals surface area (Å²) < 4.78 is 0. The third-order valence-corrected chi connectivity index (χ3v) is 4.18. The zero-order valence-corrected chi connectivity index (χ0v) is 15.6. The van der Waals surface area contributed by atoms with E-state index >= 15 is 0 Å². The van der Waals surface area contributed by atoms with Gasteiger partial charge in [0.2, 0.25) is 0 Å². The molecule has 4 nitrogen and oxygen atoms in total. The van der Waals surface area contributed by atoms with E-state index in [2.05, 4.69) is 10.3 Å². The quantitative estimate of drug-likeness (QED) is 0.853. The van der Waals surface area contributed by atoms with E-state index in [9.17, 15) is 4.79 Å². The first-order valence-electron chi connectivity index (χ1n) is 7.35. The Morgan fingerprint density at radius 3 is 2.79 bits per heavy atom. The summed E-state index contributed by atoms with van der Waals surface area (Å²) in [5.74, 6) is -0.0235. The second-order valence-electron chi connectivity index (χ2n) is 5.44. The Morgan fingerprint density at radius 2 is 2.08 bits per heavy atom. The molecule has 2 heterocycles. The molecule has 1 aromatic heterocycles. The molecule has 3 rings (SSSR count). The van der Waals surface area contributed by atoms with Crippen LogP contribution in [0, 0.1) is 6.92 Å². The molecular weight excluding hydrogens is 369 g/mol. The van der Waals surface area contributed by atoms with Gasteiger partial charge in [-0.2, -0.15) is 0 Å². The predicted octanol–water partition coefficient (Wildman–Crippen LogP) is 3.67. The fourth-order valence-electron chi connectivity index (χ4n) is 2.80. The molecule has 1 aliphatic rings. The first-order valence-corrected chi connectivity index (χ1v) is 7.73. The number of benzene rings is 1. The summed E-state index contributed by atoms with van der Waals surface area (Å²) in [5.41, 5.74) is 2.47. The van der Waals surface area contributed by atoms with Crippen molar-refractivity contribution in [3.63, 3.8) is 0 Å². The highest BCUT2D eigenvalue weighted by Gasteiger charge is 2.29. The van der Waals surface area contributed by atoms with Gasteiger partial charge in [-0.25, -0.2) is 0 Å². The Balaban J connectivity index is 0.00000144. The second kappa shape index (κ2) is 9.23. The molecule has 0 aliphatic carbocycles. The molecule has 7 heteroatoms. The van der Waals surface area contributed by atoms with Crippen molar-refractivity contribution < 1.29 is 4.79 Å². The lowest BCUT2D eigenvalue weighted by Crippen LogP contribution is -2.49. The van der Waals surface area contributed by atoms with Crippen molar-refractivity contribution in [3.05, 3.63) is 64.4 Å². The van der Waals surface area contributed by atoms with Gasteiger partial charge in [-0.1, -0.05) is 29.8 Å². The minimum absolute atomic E-state index is 0. The van der Waals surface area contributed by atoms with Crippen molar-refractivity contribution in [3.8, 4) is 0 Å². The van der Waals surface area contributed by atoms with E-state index in [1.807, 2.05) is 48.2 Å². The Labute approximate surface area is 159 Å². The molecule has 1 unspecified atom stereocenters. The molecule has 24 heavy (non-hydrogen) atoms. The van der Waals surface area contributed by atoms with Crippen LogP contribution < -0.4 is 5.32 Å². The van der Waals surface area contributed by atoms with Crippen LogP contribution in [0.3, 0.4) is 0 Å². The van der Waals surface area contributed by atoms with Gasteiger partial charge in [0.25, 0.3) is 5.91 Å². The minimum Gasteiger partial charge on any atom is -0.328 e. The zero-order valence-electron chi connectivity index (χ0n) is 13.2. The normalized spacial score (nSPS) is 16.8. The number of amides is 1. The Morgan fingerprint density at radius 1 is 1.29 bits per heavy atom. The number of aryl methyl sites for hydroxylation is 1. The van der Waals surface area contributed by atoms with Crippen LogP contribution in [-0.4, -0.2) is 35.4 Å². The fraction of sp³-hybridized carbons (Fsp3) is 0.294. The van der Waals surface area contributed by atoms with Gasteiger partial charge in [0, 0.05) is 30.9 Å². The smallest absolute Gasteiger partial charge is 0.273 e. The topological polar surface area (TPSA) is 45.2 Å². The molecule has 1 N–H and O–H groups in total. The SMILES string of the molecule is Cc1cccnc1C(=O)N1CCNCC1c1cccc(Cl)c1.Cl.Cl. The predicted molar refractivity (Wildman–Crippen MR) is 102 cm³/mol. The van der Waals surface area contributed by atoms with Crippen molar-refractivity contribution in [2.24, 2.45) is 0 Å². The van der Waals surface area contributed by atoms with E-state index in [4.69, 9.17) is 11.6 Å². The number of halogens is 3. The number of carbonyl (C=O) groups excluding carboxylic acids is 1. The van der Waals surface area contributed by atoms with E-state index in [1.54, 1.807) is 6.20 Å². The van der Waals surface area contributed by atoms with Crippen LogP contribution in [0.25, 0.3) is 0 Å². The average molecular weight is 389 g/mol. The highest BCUT2D eigenvalue weighted by atomic mass is 35.5. The van der Waals surface area contributed by atoms with Gasteiger partial charge in [-0.3, -0.25) is 9.78 Å². The maximum Gasteiger partial charge on any atom is 0.273 e. The van der Waals surface area contributed by atoms with Gasteiger partial charge in [0.1, 0.15) is 5.69 Å². The molecule has 1 aliphatic heterocycles. The molecule has 2 aromatic rings. The summed E-state index contributed by atoms with van der Waals surface area (Å²) in [4.78, 5) is 19.0. The number of nitrogens with one attached hydrogen (secondary N) is 1. The number of rotatable bonds is 2. The van der Waals surface area contributed by atoms with Crippen molar-refractivity contribution in [2.75, 3.05) is 19.6 Å². The fourth-order valence-corrected chi connectivity index (χ4v) is 3.00. The van der Waals surface area contributed by atoms with Crippen LogP contribution in [0.5, 0.6) is 0 Å². The summed E-state index contributed by atoms with van der Waals surface area (Å²) in [5, 5.41) is 4.03. The van der Waals surface area contributed by atoms with Crippen molar-refractivity contribution in [1.29, 1.82) is 0 Å². The number of nitrogens with zero attached hydrogens (tertiary/aromatic N) is 2. The second-order valence-corrected chi connectivity index (χ2v) is 5.88. The van der Waals surface area contributed by atoms with Gasteiger partial charge in [0.15, 0.2) is 0 Å². The van der Waals surface area contributed by atoms with Gasteiger partial charge < -0.3 is 10.2 Å². The number of carbonyl (C=O) groups is 1. The molecule has 0 saturated carbocycles. The van der Waals surface area contributed by atoms with Gasteiger partial charge in [0.05, 0.1) is 6.04 Å². The van der Waals surface area contributed by atoms with Crippen LogP contribution in [0.2, 0.25) is 5.02 Å². The Bertz CT molecular complexity index is 696. The Kier molecular flexibility index (Phi) is 7.97. The average Bonchev–Trinajstić information content (AvgIpc) is 2.55. The van der Waals surface area contributed by atoms with Crippen LogP contribution in [0.1, 0.15) is 27.7 Å². The summed E-state index contributed by atoms with van der Waals surface area (Å²) in [6, 6.07) is 11.4.